The standard InChI is InChI=1S/C19H19N3O4/c1-3-8-22-16-15(17(23)21-19(22)25)13(11-7-5-4-6-10(11)2)14-12(20-16)9-26-18(14)24/h4-7,13,20H,3,8-9H2,1-2H3,(H,21,23,25). The van der Waals surface area contributed by atoms with Crippen LogP contribution in [0.25, 0.3) is 0 Å². The summed E-state index contributed by atoms with van der Waals surface area (Å²) in [6.45, 7) is 4.47. The molecule has 2 N–H and O–H groups in total. The molecular formula is C19H19N3O4. The average molecular weight is 353 g/mol. The number of aromatic amines is 1. The maximum Gasteiger partial charge on any atom is 0.337 e. The molecule has 1 unspecified atom stereocenters. The number of ether oxygens (including phenoxy) is 1. The molecule has 0 amide bonds. The van der Waals surface area contributed by atoms with Crippen LogP contribution < -0.4 is 16.6 Å². The lowest BCUT2D eigenvalue weighted by atomic mass is 9.81. The number of fused-ring (bicyclic) bond motifs is 1. The van der Waals surface area contributed by atoms with Gasteiger partial charge < -0.3 is 10.1 Å². The summed E-state index contributed by atoms with van der Waals surface area (Å²) in [5.41, 5.74) is 2.32. The molecular weight excluding hydrogens is 334 g/mol. The van der Waals surface area contributed by atoms with Gasteiger partial charge in [0.1, 0.15) is 12.4 Å². The largest absolute Gasteiger partial charge is 0.456 e. The lowest BCUT2D eigenvalue weighted by Gasteiger charge is -2.28. The van der Waals surface area contributed by atoms with Gasteiger partial charge in [0.2, 0.25) is 0 Å². The predicted octanol–water partition coefficient (Wildman–Crippen LogP) is 1.62. The highest BCUT2D eigenvalue weighted by Gasteiger charge is 2.41. The summed E-state index contributed by atoms with van der Waals surface area (Å²) in [5.74, 6) is -0.546. The van der Waals surface area contributed by atoms with Gasteiger partial charge in [-0.2, -0.15) is 0 Å². The van der Waals surface area contributed by atoms with E-state index in [0.29, 0.717) is 29.2 Å². The SMILES string of the molecule is CCCn1c2c(c(=O)[nH]c1=O)C(c1ccccc1C)C1=C(COC1=O)N2. The topological polar surface area (TPSA) is 93.2 Å². The molecule has 1 aromatic carbocycles. The van der Waals surface area contributed by atoms with Crippen molar-refractivity contribution in [1.82, 2.24) is 9.55 Å². The van der Waals surface area contributed by atoms with Gasteiger partial charge in [-0.25, -0.2) is 9.59 Å². The number of nitrogens with zero attached hydrogens (tertiary/aromatic N) is 1. The Hall–Kier alpha value is -3.09. The molecule has 0 fully saturated rings. The first kappa shape index (κ1) is 16.4. The third kappa shape index (κ3) is 2.31. The Kier molecular flexibility index (Phi) is 3.79. The molecule has 134 valence electrons. The fourth-order valence-electron chi connectivity index (χ4n) is 3.75. The minimum absolute atomic E-state index is 0.114. The fraction of sp³-hybridized carbons (Fsp3) is 0.316. The molecule has 1 atom stereocenters. The van der Waals surface area contributed by atoms with Crippen molar-refractivity contribution in [3.05, 3.63) is 73.1 Å². The number of rotatable bonds is 3. The Balaban J connectivity index is 2.06. The normalized spacial score (nSPS) is 18.2. The van der Waals surface area contributed by atoms with E-state index in [2.05, 4.69) is 10.3 Å². The van der Waals surface area contributed by atoms with Crippen molar-refractivity contribution < 1.29 is 9.53 Å². The molecule has 7 heteroatoms. The fourth-order valence-corrected chi connectivity index (χ4v) is 3.75. The van der Waals surface area contributed by atoms with Gasteiger partial charge in [0.05, 0.1) is 22.8 Å². The third-order valence-corrected chi connectivity index (χ3v) is 4.92. The van der Waals surface area contributed by atoms with Crippen LogP contribution in [0.15, 0.2) is 45.1 Å². The second-order valence-corrected chi connectivity index (χ2v) is 6.56. The molecule has 2 aliphatic rings. The maximum absolute atomic E-state index is 12.7. The Morgan fingerprint density at radius 2 is 2.00 bits per heavy atom. The van der Waals surface area contributed by atoms with Crippen LogP contribution in [0.3, 0.4) is 0 Å². The quantitative estimate of drug-likeness (QED) is 0.818. The Morgan fingerprint density at radius 3 is 2.73 bits per heavy atom. The van der Waals surface area contributed by atoms with E-state index < -0.39 is 23.1 Å². The zero-order chi connectivity index (χ0) is 18.4. The van der Waals surface area contributed by atoms with Crippen LogP contribution in [0, 0.1) is 6.92 Å². The molecule has 0 saturated heterocycles. The van der Waals surface area contributed by atoms with Crippen molar-refractivity contribution in [2.24, 2.45) is 0 Å². The number of nitrogens with one attached hydrogen (secondary N) is 2. The highest BCUT2D eigenvalue weighted by molar-refractivity contribution is 5.97. The minimum Gasteiger partial charge on any atom is -0.456 e. The van der Waals surface area contributed by atoms with Gasteiger partial charge in [-0.3, -0.25) is 14.3 Å². The number of esters is 1. The Morgan fingerprint density at radius 1 is 1.23 bits per heavy atom. The lowest BCUT2D eigenvalue weighted by Crippen LogP contribution is -2.38. The summed E-state index contributed by atoms with van der Waals surface area (Å²) in [4.78, 5) is 39.9. The van der Waals surface area contributed by atoms with Gasteiger partial charge in [0, 0.05) is 6.54 Å². The zero-order valence-electron chi connectivity index (χ0n) is 14.6. The van der Waals surface area contributed by atoms with Crippen molar-refractivity contribution in [2.45, 2.75) is 32.7 Å². The molecule has 0 aliphatic carbocycles. The lowest BCUT2D eigenvalue weighted by molar-refractivity contribution is -0.136. The number of hydrogen-bond acceptors (Lipinski definition) is 5. The number of aryl methyl sites for hydroxylation is 1. The van der Waals surface area contributed by atoms with Crippen LogP contribution in [0.4, 0.5) is 5.82 Å². The van der Waals surface area contributed by atoms with E-state index in [1.54, 1.807) is 0 Å². The molecule has 0 radical (unpaired) electrons. The van der Waals surface area contributed by atoms with E-state index in [4.69, 9.17) is 4.74 Å². The second-order valence-electron chi connectivity index (χ2n) is 6.56. The van der Waals surface area contributed by atoms with Gasteiger partial charge in [-0.15, -0.1) is 0 Å². The average Bonchev–Trinajstić information content (AvgIpc) is 2.98. The van der Waals surface area contributed by atoms with Crippen molar-refractivity contribution in [1.29, 1.82) is 0 Å². The van der Waals surface area contributed by atoms with Gasteiger partial charge in [0.25, 0.3) is 5.56 Å². The van der Waals surface area contributed by atoms with E-state index in [-0.39, 0.29) is 6.61 Å². The summed E-state index contributed by atoms with van der Waals surface area (Å²) >= 11 is 0. The number of cyclic esters (lactones) is 1. The first-order chi connectivity index (χ1) is 12.5. The van der Waals surface area contributed by atoms with Gasteiger partial charge in [0.15, 0.2) is 0 Å². The van der Waals surface area contributed by atoms with Crippen molar-refractivity contribution in [3.8, 4) is 0 Å². The summed E-state index contributed by atoms with van der Waals surface area (Å²) in [7, 11) is 0. The van der Waals surface area contributed by atoms with E-state index >= 15 is 0 Å². The predicted molar refractivity (Wildman–Crippen MR) is 96.2 cm³/mol. The van der Waals surface area contributed by atoms with Crippen LogP contribution in [-0.2, 0) is 16.1 Å². The zero-order valence-corrected chi connectivity index (χ0v) is 14.6. The summed E-state index contributed by atoms with van der Waals surface area (Å²) in [6.07, 6.45) is 0.733. The number of carbonyl (C=O) groups is 1. The number of aromatic nitrogens is 2. The first-order valence-corrected chi connectivity index (χ1v) is 8.62. The number of anilines is 1. The number of carbonyl (C=O) groups excluding carboxylic acids is 1. The van der Waals surface area contributed by atoms with Crippen molar-refractivity contribution in [2.75, 3.05) is 11.9 Å². The van der Waals surface area contributed by atoms with Gasteiger partial charge in [-0.05, 0) is 24.5 Å². The highest BCUT2D eigenvalue weighted by Crippen LogP contribution is 2.43. The minimum atomic E-state index is -0.565. The maximum atomic E-state index is 12.7. The van der Waals surface area contributed by atoms with Crippen LogP contribution in [0.1, 0.15) is 36.0 Å². The highest BCUT2D eigenvalue weighted by atomic mass is 16.5. The summed E-state index contributed by atoms with van der Waals surface area (Å²) < 4.78 is 6.74. The molecule has 2 aliphatic heterocycles. The summed E-state index contributed by atoms with van der Waals surface area (Å²) in [5, 5.41) is 3.12. The van der Waals surface area contributed by atoms with Crippen LogP contribution in [-0.4, -0.2) is 22.1 Å². The monoisotopic (exact) mass is 353 g/mol. The second kappa shape index (κ2) is 6.01. The molecule has 26 heavy (non-hydrogen) atoms. The molecule has 3 heterocycles. The molecule has 0 bridgehead atoms. The Labute approximate surface area is 149 Å². The summed E-state index contributed by atoms with van der Waals surface area (Å²) in [6, 6.07) is 7.62. The van der Waals surface area contributed by atoms with Crippen molar-refractivity contribution >= 4 is 11.8 Å². The molecule has 7 nitrogen and oxygen atoms in total. The molecule has 1 aromatic heterocycles. The van der Waals surface area contributed by atoms with Crippen molar-refractivity contribution in [3.63, 3.8) is 0 Å². The first-order valence-electron chi connectivity index (χ1n) is 8.62. The van der Waals surface area contributed by atoms with Crippen LogP contribution in [0.2, 0.25) is 0 Å². The number of benzene rings is 1. The Bertz CT molecular complexity index is 1060. The molecule has 0 saturated carbocycles. The van der Waals surface area contributed by atoms with E-state index in [9.17, 15) is 14.4 Å². The van der Waals surface area contributed by atoms with Crippen LogP contribution >= 0.6 is 0 Å². The third-order valence-electron chi connectivity index (χ3n) is 4.92. The molecule has 0 spiro atoms. The number of hydrogen-bond donors (Lipinski definition) is 2. The number of H-pyrrole nitrogens is 1. The van der Waals surface area contributed by atoms with Gasteiger partial charge in [-0.1, -0.05) is 31.2 Å². The smallest absolute Gasteiger partial charge is 0.337 e. The molecule has 2 aromatic rings. The van der Waals surface area contributed by atoms with Crippen LogP contribution in [0.5, 0.6) is 0 Å². The van der Waals surface area contributed by atoms with Gasteiger partial charge >= 0.3 is 11.7 Å². The van der Waals surface area contributed by atoms with E-state index in [0.717, 1.165) is 17.5 Å². The van der Waals surface area contributed by atoms with E-state index in [1.165, 1.54) is 4.57 Å². The molecule has 4 rings (SSSR count). The van der Waals surface area contributed by atoms with E-state index in [1.807, 2.05) is 38.1 Å².